The second kappa shape index (κ2) is 15.2. The summed E-state index contributed by atoms with van der Waals surface area (Å²) in [6, 6.07) is 5.88. The largest absolute Gasteiger partial charge is 0.490 e. The van der Waals surface area contributed by atoms with Crippen LogP contribution in [0.2, 0.25) is 0 Å². The molecule has 0 saturated heterocycles. The van der Waals surface area contributed by atoms with Gasteiger partial charge < -0.3 is 25.4 Å². The summed E-state index contributed by atoms with van der Waals surface area (Å²) in [6.07, 6.45) is 0.907. The van der Waals surface area contributed by atoms with Gasteiger partial charge in [-0.15, -0.1) is 24.0 Å². The van der Waals surface area contributed by atoms with Crippen LogP contribution in [0.4, 0.5) is 0 Å². The zero-order valence-corrected chi connectivity index (χ0v) is 20.0. The van der Waals surface area contributed by atoms with E-state index in [2.05, 4.69) is 20.9 Å². The van der Waals surface area contributed by atoms with Crippen molar-refractivity contribution in [3.8, 4) is 11.5 Å². The van der Waals surface area contributed by atoms with Gasteiger partial charge in [-0.2, -0.15) is 0 Å². The number of amides is 1. The number of ether oxygens (including phenoxy) is 2. The van der Waals surface area contributed by atoms with Gasteiger partial charge in [0.25, 0.3) is 0 Å². The van der Waals surface area contributed by atoms with E-state index in [0.717, 1.165) is 23.5 Å². The maximum absolute atomic E-state index is 11.8. The molecule has 0 aliphatic rings. The summed E-state index contributed by atoms with van der Waals surface area (Å²) in [7, 11) is 0. The molecule has 1 atom stereocenters. The summed E-state index contributed by atoms with van der Waals surface area (Å²) < 4.78 is 11.3. The Bertz CT molecular complexity index is 611. The van der Waals surface area contributed by atoms with E-state index in [1.807, 2.05) is 52.8 Å². The van der Waals surface area contributed by atoms with Crippen molar-refractivity contribution in [2.75, 3.05) is 32.8 Å². The molecule has 0 bridgehead atoms. The lowest BCUT2D eigenvalue weighted by molar-refractivity contribution is -0.119. The average molecular weight is 506 g/mol. The first-order valence-corrected chi connectivity index (χ1v) is 9.76. The van der Waals surface area contributed by atoms with E-state index in [9.17, 15) is 4.79 Å². The van der Waals surface area contributed by atoms with Crippen molar-refractivity contribution < 1.29 is 14.3 Å². The third-order valence-corrected chi connectivity index (χ3v) is 3.72. The van der Waals surface area contributed by atoms with Gasteiger partial charge >= 0.3 is 0 Å². The first kappa shape index (κ1) is 26.3. The highest BCUT2D eigenvalue weighted by Crippen LogP contribution is 2.30. The number of nitrogens with one attached hydrogen (secondary N) is 3. The Morgan fingerprint density at radius 1 is 1.07 bits per heavy atom. The van der Waals surface area contributed by atoms with E-state index in [1.54, 1.807) is 0 Å². The van der Waals surface area contributed by atoms with Crippen LogP contribution in [0.5, 0.6) is 11.5 Å². The number of halogens is 1. The highest BCUT2D eigenvalue weighted by atomic mass is 127. The van der Waals surface area contributed by atoms with Crippen LogP contribution in [0, 0.1) is 0 Å². The standard InChI is InChI=1S/C20H34N4O3.HI/c1-6-12-22-19(25)14-23-20(21-7-2)24-15(5)16-10-11-17(26-8-3)18(13-16)27-9-4;/h10-11,13,15H,6-9,12,14H2,1-5H3,(H,22,25)(H2,21,23,24);1H. The van der Waals surface area contributed by atoms with Gasteiger partial charge in [-0.05, 0) is 51.8 Å². The first-order chi connectivity index (χ1) is 13.0. The van der Waals surface area contributed by atoms with Crippen molar-refractivity contribution in [3.63, 3.8) is 0 Å². The van der Waals surface area contributed by atoms with E-state index < -0.39 is 0 Å². The number of hydrogen-bond donors (Lipinski definition) is 3. The van der Waals surface area contributed by atoms with Crippen LogP contribution in [-0.2, 0) is 4.79 Å². The van der Waals surface area contributed by atoms with E-state index in [-0.39, 0.29) is 42.5 Å². The van der Waals surface area contributed by atoms with Gasteiger partial charge in [-0.3, -0.25) is 4.79 Å². The molecule has 0 aromatic heterocycles. The van der Waals surface area contributed by atoms with Crippen molar-refractivity contribution >= 4 is 35.8 Å². The van der Waals surface area contributed by atoms with Crippen molar-refractivity contribution in [1.82, 2.24) is 16.0 Å². The van der Waals surface area contributed by atoms with Gasteiger partial charge in [0, 0.05) is 13.1 Å². The molecule has 1 aromatic carbocycles. The van der Waals surface area contributed by atoms with Gasteiger partial charge in [0.05, 0.1) is 19.3 Å². The number of nitrogens with zero attached hydrogens (tertiary/aromatic N) is 1. The Kier molecular flexibility index (Phi) is 14.3. The zero-order valence-electron chi connectivity index (χ0n) is 17.6. The van der Waals surface area contributed by atoms with Gasteiger partial charge in [0.15, 0.2) is 17.5 Å². The molecule has 0 spiro atoms. The monoisotopic (exact) mass is 506 g/mol. The molecule has 0 radical (unpaired) electrons. The smallest absolute Gasteiger partial charge is 0.241 e. The lowest BCUT2D eigenvalue weighted by Crippen LogP contribution is -2.39. The van der Waals surface area contributed by atoms with Crippen LogP contribution in [0.25, 0.3) is 0 Å². The SMILES string of the molecule is CCCNC(=O)CN=C(NCC)NC(C)c1ccc(OCC)c(OCC)c1.I. The second-order valence-electron chi connectivity index (χ2n) is 5.98. The Hall–Kier alpha value is -1.71. The van der Waals surface area contributed by atoms with Crippen molar-refractivity contribution in [2.24, 2.45) is 4.99 Å². The molecule has 8 heteroatoms. The number of benzene rings is 1. The maximum atomic E-state index is 11.8. The summed E-state index contributed by atoms with van der Waals surface area (Å²) in [6.45, 7) is 12.6. The molecule has 1 rings (SSSR count). The third-order valence-electron chi connectivity index (χ3n) is 3.72. The maximum Gasteiger partial charge on any atom is 0.241 e. The molecule has 0 aliphatic carbocycles. The molecule has 28 heavy (non-hydrogen) atoms. The number of carbonyl (C=O) groups is 1. The topological polar surface area (TPSA) is 84.0 Å². The van der Waals surface area contributed by atoms with Crippen LogP contribution in [-0.4, -0.2) is 44.7 Å². The van der Waals surface area contributed by atoms with Crippen molar-refractivity contribution in [2.45, 2.75) is 47.1 Å². The average Bonchev–Trinajstić information content (AvgIpc) is 2.66. The number of hydrogen-bond acceptors (Lipinski definition) is 4. The number of guanidine groups is 1. The van der Waals surface area contributed by atoms with Crippen LogP contribution in [0.15, 0.2) is 23.2 Å². The molecule has 0 heterocycles. The second-order valence-corrected chi connectivity index (χ2v) is 5.98. The highest BCUT2D eigenvalue weighted by molar-refractivity contribution is 14.0. The van der Waals surface area contributed by atoms with Crippen LogP contribution in [0.3, 0.4) is 0 Å². The zero-order chi connectivity index (χ0) is 20.1. The fourth-order valence-corrected chi connectivity index (χ4v) is 2.42. The van der Waals surface area contributed by atoms with Gasteiger partial charge in [0.1, 0.15) is 6.54 Å². The van der Waals surface area contributed by atoms with Gasteiger partial charge in [-0.1, -0.05) is 13.0 Å². The van der Waals surface area contributed by atoms with E-state index >= 15 is 0 Å². The minimum absolute atomic E-state index is 0. The number of aliphatic imine (C=N–C) groups is 1. The van der Waals surface area contributed by atoms with Gasteiger partial charge in [0.2, 0.25) is 5.91 Å². The molecule has 7 nitrogen and oxygen atoms in total. The minimum atomic E-state index is -0.0820. The van der Waals surface area contributed by atoms with Crippen LogP contribution >= 0.6 is 24.0 Å². The Balaban J connectivity index is 0.00000729. The molecule has 0 fully saturated rings. The molecule has 0 saturated carbocycles. The van der Waals surface area contributed by atoms with Crippen molar-refractivity contribution in [1.29, 1.82) is 0 Å². The fourth-order valence-electron chi connectivity index (χ4n) is 2.42. The molecular weight excluding hydrogens is 471 g/mol. The molecule has 1 unspecified atom stereocenters. The molecular formula is C20H35IN4O3. The highest BCUT2D eigenvalue weighted by Gasteiger charge is 2.12. The predicted octanol–water partition coefficient (Wildman–Crippen LogP) is 3.24. The molecule has 1 amide bonds. The lowest BCUT2D eigenvalue weighted by atomic mass is 10.1. The van der Waals surface area contributed by atoms with Crippen LogP contribution in [0.1, 0.15) is 52.6 Å². The summed E-state index contributed by atoms with van der Waals surface area (Å²) in [5, 5.41) is 9.32. The Morgan fingerprint density at radius 3 is 2.36 bits per heavy atom. The quantitative estimate of drug-likeness (QED) is 0.244. The summed E-state index contributed by atoms with van der Waals surface area (Å²) in [5.74, 6) is 1.99. The number of carbonyl (C=O) groups excluding carboxylic acids is 1. The third kappa shape index (κ3) is 9.48. The van der Waals surface area contributed by atoms with E-state index in [0.29, 0.717) is 32.3 Å². The minimum Gasteiger partial charge on any atom is -0.490 e. The fraction of sp³-hybridized carbons (Fsp3) is 0.600. The van der Waals surface area contributed by atoms with Gasteiger partial charge in [-0.25, -0.2) is 4.99 Å². The Labute approximate surface area is 186 Å². The summed E-state index contributed by atoms with van der Waals surface area (Å²) in [5.41, 5.74) is 1.04. The Morgan fingerprint density at radius 2 is 1.75 bits per heavy atom. The summed E-state index contributed by atoms with van der Waals surface area (Å²) >= 11 is 0. The van der Waals surface area contributed by atoms with E-state index in [1.165, 1.54) is 0 Å². The van der Waals surface area contributed by atoms with Crippen molar-refractivity contribution in [3.05, 3.63) is 23.8 Å². The molecule has 3 N–H and O–H groups in total. The number of rotatable bonds is 11. The van der Waals surface area contributed by atoms with E-state index in [4.69, 9.17) is 9.47 Å². The normalized spacial score (nSPS) is 11.8. The lowest BCUT2D eigenvalue weighted by Gasteiger charge is -2.20. The van der Waals surface area contributed by atoms with Crippen LogP contribution < -0.4 is 25.4 Å². The molecule has 160 valence electrons. The first-order valence-electron chi connectivity index (χ1n) is 9.76. The summed E-state index contributed by atoms with van der Waals surface area (Å²) in [4.78, 5) is 16.1. The molecule has 0 aliphatic heterocycles. The molecule has 1 aromatic rings. The predicted molar refractivity (Wildman–Crippen MR) is 125 cm³/mol.